The minimum atomic E-state index is -0.540. The van der Waals surface area contributed by atoms with Gasteiger partial charge in [-0.25, -0.2) is 4.98 Å². The molecule has 0 spiro atoms. The van der Waals surface area contributed by atoms with Gasteiger partial charge < -0.3 is 21.7 Å². The molecule has 0 aliphatic carbocycles. The second-order valence-corrected chi connectivity index (χ2v) is 5.38. The maximum absolute atomic E-state index is 11.2. The van der Waals surface area contributed by atoms with Crippen LogP contribution >= 0.6 is 11.3 Å². The molecule has 0 aromatic carbocycles. The fourth-order valence-electron chi connectivity index (χ4n) is 2.06. The predicted octanol–water partition coefficient (Wildman–Crippen LogP) is -0.718. The molecule has 2 heterocycles. The van der Waals surface area contributed by atoms with E-state index < -0.39 is 11.8 Å². The second-order valence-electron chi connectivity index (χ2n) is 4.51. The Morgan fingerprint density at radius 1 is 1.38 bits per heavy atom. The molecule has 5 N–H and O–H groups in total. The lowest BCUT2D eigenvalue weighted by atomic mass is 10.3. The van der Waals surface area contributed by atoms with Gasteiger partial charge in [-0.3, -0.25) is 14.0 Å². The van der Waals surface area contributed by atoms with E-state index in [9.17, 15) is 9.59 Å². The van der Waals surface area contributed by atoms with Crippen LogP contribution in [0.5, 0.6) is 0 Å². The lowest BCUT2D eigenvalue weighted by Crippen LogP contribution is -2.40. The maximum Gasteiger partial charge on any atom is 0.237 e. The highest BCUT2D eigenvalue weighted by molar-refractivity contribution is 7.15. The molecule has 0 saturated heterocycles. The average Bonchev–Trinajstić information content (AvgIpc) is 2.95. The largest absolute Gasteiger partial charge is 0.368 e. The number of aromatic nitrogens is 2. The SMILES string of the molecule is CCNCc1c(N(CC(N)=O)CC(N)=O)nc2sccn12. The highest BCUT2D eigenvalue weighted by Gasteiger charge is 2.21. The summed E-state index contributed by atoms with van der Waals surface area (Å²) in [7, 11) is 0. The van der Waals surface area contributed by atoms with Crippen LogP contribution in [0, 0.1) is 0 Å². The third-order valence-corrected chi connectivity index (χ3v) is 3.63. The average molecular weight is 310 g/mol. The van der Waals surface area contributed by atoms with Crippen molar-refractivity contribution >= 4 is 33.9 Å². The van der Waals surface area contributed by atoms with Crippen LogP contribution in [0.1, 0.15) is 12.6 Å². The lowest BCUT2D eigenvalue weighted by molar-refractivity contribution is -0.117. The molecule has 2 aromatic rings. The zero-order valence-electron chi connectivity index (χ0n) is 11.7. The number of hydrogen-bond donors (Lipinski definition) is 3. The number of hydrogen-bond acceptors (Lipinski definition) is 6. The first-order valence-electron chi connectivity index (χ1n) is 6.49. The van der Waals surface area contributed by atoms with Crippen molar-refractivity contribution in [2.24, 2.45) is 11.5 Å². The highest BCUT2D eigenvalue weighted by Crippen LogP contribution is 2.24. The summed E-state index contributed by atoms with van der Waals surface area (Å²) in [5.41, 5.74) is 11.4. The Balaban J connectivity index is 2.41. The molecule has 0 saturated carbocycles. The van der Waals surface area contributed by atoms with E-state index >= 15 is 0 Å². The monoisotopic (exact) mass is 310 g/mol. The Kier molecular flexibility index (Phi) is 4.76. The molecule has 0 fully saturated rings. The second kappa shape index (κ2) is 6.55. The summed E-state index contributed by atoms with van der Waals surface area (Å²) < 4.78 is 1.93. The number of rotatable bonds is 8. The van der Waals surface area contributed by atoms with E-state index in [4.69, 9.17) is 11.5 Å². The lowest BCUT2D eigenvalue weighted by Gasteiger charge is -2.20. The number of nitrogens with one attached hydrogen (secondary N) is 1. The van der Waals surface area contributed by atoms with Crippen molar-refractivity contribution in [3.63, 3.8) is 0 Å². The molecule has 2 aromatic heterocycles. The highest BCUT2D eigenvalue weighted by atomic mass is 32.1. The van der Waals surface area contributed by atoms with Crippen molar-refractivity contribution < 1.29 is 9.59 Å². The summed E-state index contributed by atoms with van der Waals surface area (Å²) in [4.78, 5) is 29.2. The van der Waals surface area contributed by atoms with Gasteiger partial charge >= 0.3 is 0 Å². The molecule has 0 atom stereocenters. The number of primary amides is 2. The fourth-order valence-corrected chi connectivity index (χ4v) is 2.79. The number of imidazole rings is 1. The zero-order valence-corrected chi connectivity index (χ0v) is 12.5. The van der Waals surface area contributed by atoms with Gasteiger partial charge in [0.1, 0.15) is 0 Å². The number of amides is 2. The van der Waals surface area contributed by atoms with Crippen LogP contribution in [-0.2, 0) is 16.1 Å². The Bertz CT molecular complexity index is 633. The van der Waals surface area contributed by atoms with E-state index in [0.717, 1.165) is 17.2 Å². The van der Waals surface area contributed by atoms with E-state index in [1.165, 1.54) is 16.2 Å². The van der Waals surface area contributed by atoms with Crippen LogP contribution in [0.15, 0.2) is 11.6 Å². The van der Waals surface area contributed by atoms with Crippen LogP contribution < -0.4 is 21.7 Å². The molecule has 0 radical (unpaired) electrons. The summed E-state index contributed by atoms with van der Waals surface area (Å²) in [6.07, 6.45) is 1.90. The van der Waals surface area contributed by atoms with Gasteiger partial charge in [0.15, 0.2) is 10.8 Å². The summed E-state index contributed by atoms with van der Waals surface area (Å²) in [5.74, 6) is -0.524. The topological polar surface area (TPSA) is 119 Å². The first kappa shape index (κ1) is 15.3. The summed E-state index contributed by atoms with van der Waals surface area (Å²) >= 11 is 1.48. The summed E-state index contributed by atoms with van der Waals surface area (Å²) in [6.45, 7) is 3.15. The molecule has 2 rings (SSSR count). The number of carbonyl (C=O) groups excluding carboxylic acids is 2. The first-order chi connectivity index (χ1) is 10.0. The number of nitrogens with two attached hydrogens (primary N) is 2. The Hall–Kier alpha value is -2.13. The van der Waals surface area contributed by atoms with Crippen molar-refractivity contribution in [3.8, 4) is 0 Å². The number of fused-ring (bicyclic) bond motifs is 1. The fraction of sp³-hybridized carbons (Fsp3) is 0.417. The number of anilines is 1. The van der Waals surface area contributed by atoms with Crippen LogP contribution in [-0.4, -0.2) is 40.8 Å². The first-order valence-corrected chi connectivity index (χ1v) is 7.37. The van der Waals surface area contributed by atoms with Crippen LogP contribution in [0.25, 0.3) is 4.96 Å². The molecular weight excluding hydrogens is 292 g/mol. The van der Waals surface area contributed by atoms with Gasteiger partial charge in [0.25, 0.3) is 0 Å². The van der Waals surface area contributed by atoms with Gasteiger partial charge in [-0.05, 0) is 6.54 Å². The molecule has 0 aliphatic heterocycles. The minimum absolute atomic E-state index is 0.104. The predicted molar refractivity (Wildman–Crippen MR) is 81.1 cm³/mol. The molecule has 0 unspecified atom stereocenters. The van der Waals surface area contributed by atoms with Gasteiger partial charge in [-0.2, -0.15) is 0 Å². The number of nitrogens with zero attached hydrogens (tertiary/aromatic N) is 3. The van der Waals surface area contributed by atoms with Crippen LogP contribution in [0.4, 0.5) is 5.82 Å². The number of thiazole rings is 1. The van der Waals surface area contributed by atoms with Gasteiger partial charge in [-0.1, -0.05) is 6.92 Å². The standard InChI is InChI=1S/C12H18N6O2S/c1-2-15-5-8-11(16-12-18(8)3-4-21-12)17(6-9(13)19)7-10(14)20/h3-4,15H,2,5-7H2,1H3,(H2,13,19)(H2,14,20). The van der Waals surface area contributed by atoms with Gasteiger partial charge in [-0.15, -0.1) is 11.3 Å². The molecule has 8 nitrogen and oxygen atoms in total. The normalized spacial score (nSPS) is 10.9. The molecule has 2 amide bonds. The van der Waals surface area contributed by atoms with E-state index in [0.29, 0.717) is 12.4 Å². The van der Waals surface area contributed by atoms with Crippen molar-refractivity contribution in [1.29, 1.82) is 0 Å². The van der Waals surface area contributed by atoms with E-state index in [2.05, 4.69) is 10.3 Å². The molecule has 0 bridgehead atoms. The third kappa shape index (κ3) is 3.50. The molecule has 9 heteroatoms. The van der Waals surface area contributed by atoms with Crippen molar-refractivity contribution in [3.05, 3.63) is 17.3 Å². The van der Waals surface area contributed by atoms with Crippen LogP contribution in [0.2, 0.25) is 0 Å². The molecule has 0 aliphatic rings. The molecular formula is C12H18N6O2S. The van der Waals surface area contributed by atoms with Gasteiger partial charge in [0.2, 0.25) is 11.8 Å². The van der Waals surface area contributed by atoms with Crippen molar-refractivity contribution in [1.82, 2.24) is 14.7 Å². The third-order valence-electron chi connectivity index (χ3n) is 2.88. The molecule has 114 valence electrons. The van der Waals surface area contributed by atoms with Gasteiger partial charge in [0, 0.05) is 18.1 Å². The van der Waals surface area contributed by atoms with E-state index in [1.807, 2.05) is 22.9 Å². The Morgan fingerprint density at radius 3 is 2.62 bits per heavy atom. The van der Waals surface area contributed by atoms with E-state index in [1.54, 1.807) is 0 Å². The van der Waals surface area contributed by atoms with E-state index in [-0.39, 0.29) is 13.1 Å². The summed E-state index contributed by atoms with van der Waals surface area (Å²) in [6, 6.07) is 0. The smallest absolute Gasteiger partial charge is 0.237 e. The van der Waals surface area contributed by atoms with Crippen molar-refractivity contribution in [2.45, 2.75) is 13.5 Å². The Morgan fingerprint density at radius 2 is 2.05 bits per heavy atom. The number of carbonyl (C=O) groups is 2. The van der Waals surface area contributed by atoms with Crippen molar-refractivity contribution in [2.75, 3.05) is 24.5 Å². The summed E-state index contributed by atoms with van der Waals surface area (Å²) in [5, 5.41) is 5.14. The zero-order chi connectivity index (χ0) is 15.4. The molecule has 21 heavy (non-hydrogen) atoms. The van der Waals surface area contributed by atoms with Crippen LogP contribution in [0.3, 0.4) is 0 Å². The minimum Gasteiger partial charge on any atom is -0.368 e. The van der Waals surface area contributed by atoms with Gasteiger partial charge in [0.05, 0.1) is 18.8 Å². The maximum atomic E-state index is 11.2. The Labute approximate surface area is 125 Å². The quantitative estimate of drug-likeness (QED) is 0.594.